The summed E-state index contributed by atoms with van der Waals surface area (Å²) in [6.07, 6.45) is 2.30. The van der Waals surface area contributed by atoms with Gasteiger partial charge in [-0.1, -0.05) is 37.3 Å². The third kappa shape index (κ3) is 4.33. The van der Waals surface area contributed by atoms with Crippen LogP contribution < -0.4 is 5.56 Å². The van der Waals surface area contributed by atoms with Gasteiger partial charge >= 0.3 is 0 Å². The lowest BCUT2D eigenvalue weighted by molar-refractivity contribution is 0.141. The van der Waals surface area contributed by atoms with Gasteiger partial charge in [0.2, 0.25) is 0 Å². The minimum absolute atomic E-state index is 0.0803. The average molecular weight is 443 g/mol. The van der Waals surface area contributed by atoms with Gasteiger partial charge in [0.05, 0.1) is 6.54 Å². The van der Waals surface area contributed by atoms with E-state index in [9.17, 15) is 4.79 Å². The molecule has 0 bridgehead atoms. The molecular formula is C26H30N6O. The number of hydrogen-bond donors (Lipinski definition) is 1. The van der Waals surface area contributed by atoms with Crippen LogP contribution in [0.2, 0.25) is 0 Å². The lowest BCUT2D eigenvalue weighted by atomic mass is 9.95. The highest BCUT2D eigenvalue weighted by molar-refractivity contribution is 5.81. The van der Waals surface area contributed by atoms with E-state index in [1.165, 1.54) is 17.5 Å². The molecule has 1 N–H and O–H groups in total. The number of aromatic nitrogens is 5. The molecule has 0 spiro atoms. The topological polar surface area (TPSA) is 79.7 Å². The van der Waals surface area contributed by atoms with E-state index in [1.54, 1.807) is 0 Å². The summed E-state index contributed by atoms with van der Waals surface area (Å²) in [5.74, 6) is 1.27. The smallest absolute Gasteiger partial charge is 0.253 e. The summed E-state index contributed by atoms with van der Waals surface area (Å²) in [5, 5.41) is 13.8. The molecule has 33 heavy (non-hydrogen) atoms. The quantitative estimate of drug-likeness (QED) is 0.505. The fraction of sp³-hybridized carbons (Fsp3) is 0.385. The predicted octanol–water partition coefficient (Wildman–Crippen LogP) is 4.00. The molecule has 4 aromatic rings. The fourth-order valence-corrected chi connectivity index (χ4v) is 4.93. The van der Waals surface area contributed by atoms with Crippen molar-refractivity contribution < 1.29 is 0 Å². The van der Waals surface area contributed by atoms with Crippen LogP contribution >= 0.6 is 0 Å². The standard InChI is InChI=1S/C26H30N6O/c1-17-8-7-11-31(15-17)24(25-28-29-30-32(25)16-20-9-5-4-6-10-20)22-14-21-12-18(2)19(3)13-23(21)27-26(22)33/h4-6,9-10,12-14,17,24H,7-8,11,15-16H2,1-3H3,(H,27,33)/t17-,24+/m0/s1. The van der Waals surface area contributed by atoms with Crippen molar-refractivity contribution in [3.05, 3.63) is 87.0 Å². The Morgan fingerprint density at radius 3 is 2.70 bits per heavy atom. The maximum atomic E-state index is 13.4. The second-order valence-corrected chi connectivity index (χ2v) is 9.40. The second kappa shape index (κ2) is 8.90. The van der Waals surface area contributed by atoms with Gasteiger partial charge in [-0.3, -0.25) is 9.69 Å². The van der Waals surface area contributed by atoms with Crippen LogP contribution in [0.1, 0.15) is 53.9 Å². The molecule has 0 radical (unpaired) electrons. The van der Waals surface area contributed by atoms with Crippen molar-refractivity contribution in [1.82, 2.24) is 30.1 Å². The van der Waals surface area contributed by atoms with E-state index in [4.69, 9.17) is 0 Å². The minimum Gasteiger partial charge on any atom is -0.322 e. The lowest BCUT2D eigenvalue weighted by Gasteiger charge is -2.36. The Morgan fingerprint density at radius 1 is 1.12 bits per heavy atom. The van der Waals surface area contributed by atoms with Crippen molar-refractivity contribution >= 4 is 10.9 Å². The van der Waals surface area contributed by atoms with Gasteiger partial charge in [0.15, 0.2) is 5.82 Å². The number of tetrazole rings is 1. The first kappa shape index (κ1) is 21.5. The summed E-state index contributed by atoms with van der Waals surface area (Å²) in [4.78, 5) is 18.9. The zero-order valence-corrected chi connectivity index (χ0v) is 19.5. The van der Waals surface area contributed by atoms with Gasteiger partial charge in [-0.25, -0.2) is 4.68 Å². The van der Waals surface area contributed by atoms with Crippen molar-refractivity contribution in [3.8, 4) is 0 Å². The normalized spacial score (nSPS) is 18.0. The maximum Gasteiger partial charge on any atom is 0.253 e. The molecule has 3 heterocycles. The number of nitrogens with one attached hydrogen (secondary N) is 1. The summed E-state index contributed by atoms with van der Waals surface area (Å²) in [5.41, 5.74) is 4.97. The molecule has 1 fully saturated rings. The summed E-state index contributed by atoms with van der Waals surface area (Å²) < 4.78 is 1.84. The molecule has 1 aliphatic rings. The van der Waals surface area contributed by atoms with Crippen LogP contribution in [0.15, 0.2) is 53.3 Å². The number of rotatable bonds is 5. The van der Waals surface area contributed by atoms with Crippen LogP contribution in [-0.2, 0) is 6.54 Å². The number of H-pyrrole nitrogens is 1. The summed E-state index contributed by atoms with van der Waals surface area (Å²) >= 11 is 0. The Balaban J connectivity index is 1.64. The monoisotopic (exact) mass is 442 g/mol. The molecule has 0 unspecified atom stereocenters. The number of fused-ring (bicyclic) bond motifs is 1. The van der Waals surface area contributed by atoms with Crippen molar-refractivity contribution in [3.63, 3.8) is 0 Å². The molecule has 170 valence electrons. The number of hydrogen-bond acceptors (Lipinski definition) is 5. The van der Waals surface area contributed by atoms with E-state index in [-0.39, 0.29) is 11.6 Å². The molecule has 2 aromatic carbocycles. The fourth-order valence-electron chi connectivity index (χ4n) is 4.93. The van der Waals surface area contributed by atoms with E-state index in [0.29, 0.717) is 23.9 Å². The van der Waals surface area contributed by atoms with E-state index in [0.717, 1.165) is 36.0 Å². The van der Waals surface area contributed by atoms with E-state index in [1.807, 2.05) is 35.0 Å². The first-order valence-corrected chi connectivity index (χ1v) is 11.7. The van der Waals surface area contributed by atoms with Gasteiger partial charge < -0.3 is 4.98 Å². The Labute approximate surface area is 193 Å². The number of benzene rings is 2. The average Bonchev–Trinajstić information content (AvgIpc) is 3.24. The number of piperidine rings is 1. The predicted molar refractivity (Wildman–Crippen MR) is 129 cm³/mol. The van der Waals surface area contributed by atoms with E-state index < -0.39 is 0 Å². The van der Waals surface area contributed by atoms with E-state index in [2.05, 4.69) is 64.4 Å². The highest BCUT2D eigenvalue weighted by atomic mass is 16.1. The molecule has 2 aromatic heterocycles. The molecule has 5 rings (SSSR count). The summed E-state index contributed by atoms with van der Waals surface area (Å²) in [6, 6.07) is 16.1. The summed E-state index contributed by atoms with van der Waals surface area (Å²) in [6.45, 7) is 8.82. The van der Waals surface area contributed by atoms with Gasteiger partial charge in [0.1, 0.15) is 6.04 Å². The number of aryl methyl sites for hydroxylation is 2. The molecule has 2 atom stereocenters. The van der Waals surface area contributed by atoms with E-state index >= 15 is 0 Å². The zero-order valence-electron chi connectivity index (χ0n) is 19.5. The Morgan fingerprint density at radius 2 is 1.91 bits per heavy atom. The van der Waals surface area contributed by atoms with Crippen LogP contribution in [0.5, 0.6) is 0 Å². The lowest BCUT2D eigenvalue weighted by Crippen LogP contribution is -2.41. The zero-order chi connectivity index (χ0) is 22.9. The van der Waals surface area contributed by atoms with Crippen molar-refractivity contribution in [2.45, 2.75) is 46.2 Å². The number of nitrogens with zero attached hydrogens (tertiary/aromatic N) is 5. The molecule has 7 heteroatoms. The molecule has 1 aliphatic heterocycles. The highest BCUT2D eigenvalue weighted by Crippen LogP contribution is 2.31. The van der Waals surface area contributed by atoms with Crippen molar-refractivity contribution in [1.29, 1.82) is 0 Å². The maximum absolute atomic E-state index is 13.4. The van der Waals surface area contributed by atoms with Gasteiger partial charge in [-0.2, -0.15) is 0 Å². The SMILES string of the molecule is Cc1cc2cc([C@H](c3nnnn3Cc3ccccc3)N3CCC[C@H](C)C3)c(=O)[nH]c2cc1C. The molecule has 0 aliphatic carbocycles. The molecule has 7 nitrogen and oxygen atoms in total. The second-order valence-electron chi connectivity index (χ2n) is 9.40. The largest absolute Gasteiger partial charge is 0.322 e. The van der Waals surface area contributed by atoms with Crippen molar-refractivity contribution in [2.24, 2.45) is 5.92 Å². The first-order valence-electron chi connectivity index (χ1n) is 11.7. The Bertz CT molecular complexity index is 1330. The minimum atomic E-state index is -0.304. The highest BCUT2D eigenvalue weighted by Gasteiger charge is 2.32. The van der Waals surface area contributed by atoms with Gasteiger partial charge in [-0.05, 0) is 89.9 Å². The first-order chi connectivity index (χ1) is 16.0. The van der Waals surface area contributed by atoms with Crippen LogP contribution in [0.25, 0.3) is 10.9 Å². The van der Waals surface area contributed by atoms with Crippen LogP contribution in [-0.4, -0.2) is 43.2 Å². The van der Waals surface area contributed by atoms with Crippen LogP contribution in [0.4, 0.5) is 0 Å². The molecule has 1 saturated heterocycles. The molecule has 0 amide bonds. The van der Waals surface area contributed by atoms with Gasteiger partial charge in [0.25, 0.3) is 5.56 Å². The third-order valence-corrected chi connectivity index (χ3v) is 6.81. The molecular weight excluding hydrogens is 412 g/mol. The van der Waals surface area contributed by atoms with Crippen LogP contribution in [0.3, 0.4) is 0 Å². The summed E-state index contributed by atoms with van der Waals surface area (Å²) in [7, 11) is 0. The van der Waals surface area contributed by atoms with Crippen LogP contribution in [0, 0.1) is 19.8 Å². The molecule has 0 saturated carbocycles. The third-order valence-electron chi connectivity index (χ3n) is 6.81. The van der Waals surface area contributed by atoms with Gasteiger partial charge in [0, 0.05) is 17.6 Å². The number of pyridine rings is 1. The Hall–Kier alpha value is -3.32. The Kier molecular flexibility index (Phi) is 5.81. The van der Waals surface area contributed by atoms with Crippen molar-refractivity contribution in [2.75, 3.05) is 13.1 Å². The van der Waals surface area contributed by atoms with Gasteiger partial charge in [-0.15, -0.1) is 5.10 Å². The number of likely N-dealkylation sites (tertiary alicyclic amines) is 1. The number of aromatic amines is 1.